The molecular weight excluding hydrogens is 419 g/mol. The molecule has 6 heteroatoms. The van der Waals surface area contributed by atoms with Crippen LogP contribution in [0.15, 0.2) is 60.9 Å². The second kappa shape index (κ2) is 9.69. The van der Waals surface area contributed by atoms with Crippen molar-refractivity contribution < 1.29 is 18.7 Å². The van der Waals surface area contributed by atoms with Gasteiger partial charge in [0, 0.05) is 23.4 Å². The van der Waals surface area contributed by atoms with Gasteiger partial charge in [-0.25, -0.2) is 14.4 Å². The molecule has 1 aromatic heterocycles. The number of aromatic nitrogens is 2. The number of halogens is 1. The first kappa shape index (κ1) is 24.4. The van der Waals surface area contributed by atoms with Crippen molar-refractivity contribution >= 4 is 5.97 Å². The molecule has 1 atom stereocenters. The molecule has 0 spiro atoms. The van der Waals surface area contributed by atoms with Crippen molar-refractivity contribution in [3.8, 4) is 11.5 Å². The number of carbonyl (C=O) groups is 1. The van der Waals surface area contributed by atoms with Crippen molar-refractivity contribution in [3.63, 3.8) is 0 Å². The molecule has 174 valence electrons. The van der Waals surface area contributed by atoms with E-state index in [2.05, 4.69) is 9.97 Å². The molecule has 0 saturated heterocycles. The number of benzene rings is 2. The Morgan fingerprint density at radius 1 is 0.970 bits per heavy atom. The maximum Gasteiger partial charge on any atom is 0.314 e. The molecule has 0 N–H and O–H groups in total. The SMILES string of the molecule is CC(C)(C)c1ncc(C(C(=O)OCc2ccc(F)c(Oc3ccccc3)c2)C(C)(C)C)cn1. The maximum atomic E-state index is 14.2. The quantitative estimate of drug-likeness (QED) is 0.397. The summed E-state index contributed by atoms with van der Waals surface area (Å²) in [5, 5.41) is 0. The Morgan fingerprint density at radius 3 is 2.18 bits per heavy atom. The summed E-state index contributed by atoms with van der Waals surface area (Å²) in [6, 6.07) is 13.4. The number of ether oxygens (including phenoxy) is 2. The first-order valence-electron chi connectivity index (χ1n) is 11.0. The fraction of sp³-hybridized carbons (Fsp3) is 0.370. The molecule has 33 heavy (non-hydrogen) atoms. The van der Waals surface area contributed by atoms with E-state index in [1.54, 1.807) is 36.7 Å². The van der Waals surface area contributed by atoms with Crippen LogP contribution in [0.4, 0.5) is 4.39 Å². The predicted octanol–water partition coefficient (Wildman–Crippen LogP) is 6.58. The van der Waals surface area contributed by atoms with Crippen molar-refractivity contribution in [1.82, 2.24) is 9.97 Å². The van der Waals surface area contributed by atoms with Crippen LogP contribution in [0.3, 0.4) is 0 Å². The Hall–Kier alpha value is -3.28. The van der Waals surface area contributed by atoms with E-state index in [-0.39, 0.29) is 23.7 Å². The Labute approximate surface area is 195 Å². The molecule has 0 radical (unpaired) electrons. The minimum Gasteiger partial charge on any atom is -0.460 e. The highest BCUT2D eigenvalue weighted by Gasteiger charge is 2.35. The normalized spacial score (nSPS) is 12.8. The minimum absolute atomic E-state index is 0.00221. The summed E-state index contributed by atoms with van der Waals surface area (Å²) in [4.78, 5) is 22.0. The van der Waals surface area contributed by atoms with Gasteiger partial charge in [0.15, 0.2) is 11.6 Å². The lowest BCUT2D eigenvalue weighted by Crippen LogP contribution is -2.29. The standard InChI is InChI=1S/C27H31FN2O3/c1-26(2,3)23(19-15-29-25(30-16-19)27(4,5)6)24(31)32-17-18-12-13-21(28)22(14-18)33-20-10-8-7-9-11-20/h7-16,23H,17H2,1-6H3. The van der Waals surface area contributed by atoms with E-state index in [1.807, 2.05) is 59.7 Å². The van der Waals surface area contributed by atoms with Gasteiger partial charge in [-0.2, -0.15) is 0 Å². The van der Waals surface area contributed by atoms with Gasteiger partial charge >= 0.3 is 5.97 Å². The van der Waals surface area contributed by atoms with Gasteiger partial charge in [-0.1, -0.05) is 65.8 Å². The van der Waals surface area contributed by atoms with Crippen LogP contribution in [0.5, 0.6) is 11.5 Å². The number of carbonyl (C=O) groups excluding carboxylic acids is 1. The third kappa shape index (κ3) is 6.37. The monoisotopic (exact) mass is 450 g/mol. The summed E-state index contributed by atoms with van der Waals surface area (Å²) in [6.07, 6.45) is 3.41. The van der Waals surface area contributed by atoms with E-state index in [9.17, 15) is 9.18 Å². The molecular formula is C27H31FN2O3. The van der Waals surface area contributed by atoms with Gasteiger partial charge in [0.1, 0.15) is 18.2 Å². The lowest BCUT2D eigenvalue weighted by molar-refractivity contribution is -0.149. The van der Waals surface area contributed by atoms with Gasteiger partial charge in [0.2, 0.25) is 0 Å². The molecule has 0 bridgehead atoms. The number of nitrogens with zero attached hydrogens (tertiary/aromatic N) is 2. The fourth-order valence-electron chi connectivity index (χ4n) is 3.43. The van der Waals surface area contributed by atoms with Gasteiger partial charge in [-0.3, -0.25) is 4.79 Å². The topological polar surface area (TPSA) is 61.3 Å². The van der Waals surface area contributed by atoms with Crippen LogP contribution < -0.4 is 4.74 Å². The van der Waals surface area contributed by atoms with E-state index < -0.39 is 17.2 Å². The van der Waals surface area contributed by atoms with Crippen molar-refractivity contribution in [2.45, 2.75) is 59.5 Å². The molecule has 0 amide bonds. The van der Waals surface area contributed by atoms with Crippen LogP contribution >= 0.6 is 0 Å². The summed E-state index contributed by atoms with van der Waals surface area (Å²) < 4.78 is 25.5. The van der Waals surface area contributed by atoms with Crippen LogP contribution in [-0.4, -0.2) is 15.9 Å². The third-order valence-corrected chi connectivity index (χ3v) is 5.13. The Kier molecular flexibility index (Phi) is 7.15. The smallest absolute Gasteiger partial charge is 0.314 e. The average Bonchev–Trinajstić information content (AvgIpc) is 2.74. The second-order valence-corrected chi connectivity index (χ2v) is 10.2. The van der Waals surface area contributed by atoms with Crippen molar-refractivity contribution in [2.24, 2.45) is 5.41 Å². The van der Waals surface area contributed by atoms with E-state index in [0.717, 1.165) is 0 Å². The average molecular weight is 451 g/mol. The van der Waals surface area contributed by atoms with E-state index in [0.29, 0.717) is 22.7 Å². The molecule has 0 aliphatic carbocycles. The molecule has 1 heterocycles. The molecule has 0 fully saturated rings. The van der Waals surface area contributed by atoms with Crippen molar-refractivity contribution in [2.75, 3.05) is 0 Å². The Morgan fingerprint density at radius 2 is 1.61 bits per heavy atom. The molecule has 1 unspecified atom stereocenters. The lowest BCUT2D eigenvalue weighted by atomic mass is 9.77. The molecule has 0 aliphatic rings. The van der Waals surface area contributed by atoms with Gasteiger partial charge in [0.25, 0.3) is 0 Å². The van der Waals surface area contributed by atoms with Crippen LogP contribution in [0.25, 0.3) is 0 Å². The molecule has 3 aromatic rings. The number of para-hydroxylation sites is 1. The number of rotatable bonds is 6. The van der Waals surface area contributed by atoms with Crippen LogP contribution in [0.1, 0.15) is 64.4 Å². The Bertz CT molecular complexity index is 1090. The number of hydrogen-bond donors (Lipinski definition) is 0. The van der Waals surface area contributed by atoms with Gasteiger partial charge < -0.3 is 9.47 Å². The zero-order valence-corrected chi connectivity index (χ0v) is 20.1. The zero-order chi connectivity index (χ0) is 24.2. The molecule has 0 saturated carbocycles. The summed E-state index contributed by atoms with van der Waals surface area (Å²) in [5.41, 5.74) is 0.738. The molecule has 3 rings (SSSR count). The number of esters is 1. The van der Waals surface area contributed by atoms with Gasteiger partial charge in [-0.05, 0) is 35.2 Å². The first-order valence-corrected chi connectivity index (χ1v) is 11.0. The van der Waals surface area contributed by atoms with E-state index >= 15 is 0 Å². The van der Waals surface area contributed by atoms with Crippen LogP contribution in [-0.2, 0) is 21.6 Å². The summed E-state index contributed by atoms with van der Waals surface area (Å²) >= 11 is 0. The largest absolute Gasteiger partial charge is 0.460 e. The minimum atomic E-state index is -0.549. The second-order valence-electron chi connectivity index (χ2n) is 10.2. The maximum absolute atomic E-state index is 14.2. The van der Waals surface area contributed by atoms with Gasteiger partial charge in [0.05, 0.1) is 5.92 Å². The molecule has 0 aliphatic heterocycles. The fourth-order valence-corrected chi connectivity index (χ4v) is 3.43. The predicted molar refractivity (Wildman–Crippen MR) is 126 cm³/mol. The number of hydrogen-bond acceptors (Lipinski definition) is 5. The van der Waals surface area contributed by atoms with Crippen LogP contribution in [0.2, 0.25) is 0 Å². The Balaban J connectivity index is 1.75. The molecule has 5 nitrogen and oxygen atoms in total. The summed E-state index contributed by atoms with van der Waals surface area (Å²) in [5.74, 6) is -0.107. The van der Waals surface area contributed by atoms with Crippen molar-refractivity contribution in [3.05, 3.63) is 83.7 Å². The highest BCUT2D eigenvalue weighted by molar-refractivity contribution is 5.79. The highest BCUT2D eigenvalue weighted by Crippen LogP contribution is 2.36. The van der Waals surface area contributed by atoms with Gasteiger partial charge in [-0.15, -0.1) is 0 Å². The third-order valence-electron chi connectivity index (χ3n) is 5.13. The summed E-state index contributed by atoms with van der Waals surface area (Å²) in [7, 11) is 0. The lowest BCUT2D eigenvalue weighted by Gasteiger charge is -2.29. The van der Waals surface area contributed by atoms with E-state index in [4.69, 9.17) is 9.47 Å². The highest BCUT2D eigenvalue weighted by atomic mass is 19.1. The first-order chi connectivity index (χ1) is 15.4. The zero-order valence-electron chi connectivity index (χ0n) is 20.1. The summed E-state index contributed by atoms with van der Waals surface area (Å²) in [6.45, 7) is 12.0. The van der Waals surface area contributed by atoms with Crippen molar-refractivity contribution in [1.29, 1.82) is 0 Å². The van der Waals surface area contributed by atoms with E-state index in [1.165, 1.54) is 6.07 Å². The van der Waals surface area contributed by atoms with Crippen LogP contribution in [0, 0.1) is 11.2 Å². The molecule has 2 aromatic carbocycles.